The second-order valence-corrected chi connectivity index (χ2v) is 6.60. The maximum atomic E-state index is 13.8. The molecule has 148 valence electrons. The molecular weight excluding hydrogens is 375 g/mol. The Morgan fingerprint density at radius 1 is 0.966 bits per heavy atom. The lowest BCUT2D eigenvalue weighted by Crippen LogP contribution is -2.50. The minimum atomic E-state index is -0.400. The number of halogens is 1. The number of rotatable bonds is 4. The SMILES string of the molecule is O=C(c1ccnc(Nc2ccccc2F)c1)N1CCN(C(=O)c2ccco2)CC1. The van der Waals surface area contributed by atoms with Gasteiger partial charge in [-0.3, -0.25) is 9.59 Å². The van der Waals surface area contributed by atoms with E-state index in [4.69, 9.17) is 4.42 Å². The van der Waals surface area contributed by atoms with Crippen molar-refractivity contribution in [2.45, 2.75) is 0 Å². The summed E-state index contributed by atoms with van der Waals surface area (Å²) in [5, 5.41) is 2.89. The van der Waals surface area contributed by atoms with E-state index >= 15 is 0 Å². The van der Waals surface area contributed by atoms with Crippen molar-refractivity contribution in [3.8, 4) is 0 Å². The smallest absolute Gasteiger partial charge is 0.289 e. The monoisotopic (exact) mass is 394 g/mol. The number of hydrogen-bond donors (Lipinski definition) is 1. The highest BCUT2D eigenvalue weighted by Gasteiger charge is 2.26. The number of anilines is 2. The number of nitrogens with one attached hydrogen (secondary N) is 1. The average Bonchev–Trinajstić information content (AvgIpc) is 3.30. The van der Waals surface area contributed by atoms with Crippen molar-refractivity contribution in [2.24, 2.45) is 0 Å². The van der Waals surface area contributed by atoms with Crippen molar-refractivity contribution in [1.82, 2.24) is 14.8 Å². The Morgan fingerprint density at radius 2 is 1.69 bits per heavy atom. The van der Waals surface area contributed by atoms with E-state index in [1.54, 1.807) is 52.3 Å². The van der Waals surface area contributed by atoms with E-state index in [1.807, 2.05) is 0 Å². The van der Waals surface area contributed by atoms with Crippen LogP contribution < -0.4 is 5.32 Å². The largest absolute Gasteiger partial charge is 0.459 e. The van der Waals surface area contributed by atoms with Crippen molar-refractivity contribution in [2.75, 3.05) is 31.5 Å². The second kappa shape index (κ2) is 8.14. The van der Waals surface area contributed by atoms with Gasteiger partial charge < -0.3 is 19.5 Å². The Hall–Kier alpha value is -3.68. The van der Waals surface area contributed by atoms with Gasteiger partial charge in [-0.15, -0.1) is 0 Å². The number of carbonyl (C=O) groups excluding carboxylic acids is 2. The van der Waals surface area contributed by atoms with Crippen molar-refractivity contribution in [3.05, 3.63) is 78.1 Å². The van der Waals surface area contributed by atoms with Crippen molar-refractivity contribution >= 4 is 23.3 Å². The molecule has 1 aromatic carbocycles. The fraction of sp³-hybridized carbons (Fsp3) is 0.190. The van der Waals surface area contributed by atoms with Gasteiger partial charge >= 0.3 is 0 Å². The Bertz CT molecular complexity index is 1010. The minimum Gasteiger partial charge on any atom is -0.459 e. The topological polar surface area (TPSA) is 78.7 Å². The fourth-order valence-electron chi connectivity index (χ4n) is 3.18. The van der Waals surface area contributed by atoms with Crippen LogP contribution in [-0.4, -0.2) is 52.8 Å². The zero-order valence-corrected chi connectivity index (χ0v) is 15.5. The van der Waals surface area contributed by atoms with E-state index in [1.165, 1.54) is 18.5 Å². The number of aromatic nitrogens is 1. The van der Waals surface area contributed by atoms with Crippen LogP contribution in [0.5, 0.6) is 0 Å². The van der Waals surface area contributed by atoms with Gasteiger partial charge in [0.25, 0.3) is 11.8 Å². The first kappa shape index (κ1) is 18.7. The summed E-state index contributed by atoms with van der Waals surface area (Å²) < 4.78 is 19.0. The number of piperazine rings is 1. The van der Waals surface area contributed by atoms with E-state index < -0.39 is 5.82 Å². The Morgan fingerprint density at radius 3 is 2.38 bits per heavy atom. The predicted molar refractivity (Wildman–Crippen MR) is 104 cm³/mol. The number of pyridine rings is 1. The first-order valence-electron chi connectivity index (χ1n) is 9.21. The lowest BCUT2D eigenvalue weighted by atomic mass is 10.2. The number of amides is 2. The number of para-hydroxylation sites is 1. The van der Waals surface area contributed by atoms with Crippen LogP contribution in [0.25, 0.3) is 0 Å². The van der Waals surface area contributed by atoms with Crippen LogP contribution in [-0.2, 0) is 0 Å². The molecule has 2 aromatic heterocycles. The molecule has 7 nitrogen and oxygen atoms in total. The van der Waals surface area contributed by atoms with Gasteiger partial charge in [0.1, 0.15) is 11.6 Å². The number of furan rings is 1. The molecule has 0 atom stereocenters. The normalized spacial score (nSPS) is 14.0. The summed E-state index contributed by atoms with van der Waals surface area (Å²) in [5.41, 5.74) is 0.735. The number of hydrogen-bond acceptors (Lipinski definition) is 5. The molecule has 1 saturated heterocycles. The van der Waals surface area contributed by atoms with Crippen LogP contribution in [0.2, 0.25) is 0 Å². The van der Waals surface area contributed by atoms with Crippen LogP contribution >= 0.6 is 0 Å². The lowest BCUT2D eigenvalue weighted by molar-refractivity contribution is 0.0518. The predicted octanol–water partition coefficient (Wildman–Crippen LogP) is 3.16. The zero-order chi connectivity index (χ0) is 20.2. The van der Waals surface area contributed by atoms with Gasteiger partial charge in [0.2, 0.25) is 0 Å². The first-order chi connectivity index (χ1) is 14.1. The molecule has 0 bridgehead atoms. The Labute approximate surface area is 166 Å². The summed E-state index contributed by atoms with van der Waals surface area (Å²) in [4.78, 5) is 32.7. The molecule has 1 N–H and O–H groups in total. The van der Waals surface area contributed by atoms with Crippen molar-refractivity contribution in [3.63, 3.8) is 0 Å². The number of nitrogens with zero attached hydrogens (tertiary/aromatic N) is 3. The van der Waals surface area contributed by atoms with Gasteiger partial charge in [-0.05, 0) is 36.4 Å². The molecule has 0 saturated carbocycles. The molecule has 4 rings (SSSR count). The van der Waals surface area contributed by atoms with E-state index in [0.717, 1.165) is 0 Å². The molecule has 0 aliphatic carbocycles. The molecule has 0 unspecified atom stereocenters. The van der Waals surface area contributed by atoms with Gasteiger partial charge in [-0.2, -0.15) is 0 Å². The molecule has 1 aliphatic rings. The van der Waals surface area contributed by atoms with E-state index in [9.17, 15) is 14.0 Å². The van der Waals surface area contributed by atoms with Crippen LogP contribution in [0.15, 0.2) is 65.4 Å². The van der Waals surface area contributed by atoms with Crippen LogP contribution in [0.1, 0.15) is 20.9 Å². The van der Waals surface area contributed by atoms with Gasteiger partial charge in [0, 0.05) is 37.9 Å². The zero-order valence-electron chi connectivity index (χ0n) is 15.5. The highest BCUT2D eigenvalue weighted by atomic mass is 19.1. The molecule has 2 amide bonds. The molecule has 3 heterocycles. The summed E-state index contributed by atoms with van der Waals surface area (Å²) in [7, 11) is 0. The summed E-state index contributed by atoms with van der Waals surface area (Å²) in [6.07, 6.45) is 2.97. The summed E-state index contributed by atoms with van der Waals surface area (Å²) in [6.45, 7) is 1.70. The molecule has 1 fully saturated rings. The van der Waals surface area contributed by atoms with Gasteiger partial charge in [-0.25, -0.2) is 9.37 Å². The third-order valence-corrected chi connectivity index (χ3v) is 4.73. The Balaban J connectivity index is 1.40. The molecule has 0 radical (unpaired) electrons. The fourth-order valence-corrected chi connectivity index (χ4v) is 3.18. The summed E-state index contributed by atoms with van der Waals surface area (Å²) in [6, 6.07) is 12.8. The van der Waals surface area contributed by atoms with Gasteiger partial charge in [0.15, 0.2) is 5.76 Å². The first-order valence-corrected chi connectivity index (χ1v) is 9.21. The molecule has 0 spiro atoms. The van der Waals surface area contributed by atoms with Crippen molar-refractivity contribution in [1.29, 1.82) is 0 Å². The second-order valence-electron chi connectivity index (χ2n) is 6.60. The van der Waals surface area contributed by atoms with Crippen LogP contribution in [0.3, 0.4) is 0 Å². The quantitative estimate of drug-likeness (QED) is 0.735. The third-order valence-electron chi connectivity index (χ3n) is 4.73. The summed E-state index contributed by atoms with van der Waals surface area (Å²) >= 11 is 0. The highest BCUT2D eigenvalue weighted by molar-refractivity contribution is 5.95. The molecule has 8 heteroatoms. The summed E-state index contributed by atoms with van der Waals surface area (Å²) in [5.74, 6) is -0.0600. The lowest BCUT2D eigenvalue weighted by Gasteiger charge is -2.34. The van der Waals surface area contributed by atoms with E-state index in [0.29, 0.717) is 43.3 Å². The molecular formula is C21H19FN4O3. The highest BCUT2D eigenvalue weighted by Crippen LogP contribution is 2.19. The van der Waals surface area contributed by atoms with Gasteiger partial charge in [-0.1, -0.05) is 12.1 Å². The Kier molecular flexibility index (Phi) is 5.24. The maximum Gasteiger partial charge on any atom is 0.289 e. The molecule has 3 aromatic rings. The number of carbonyl (C=O) groups is 2. The molecule has 29 heavy (non-hydrogen) atoms. The maximum absolute atomic E-state index is 13.8. The molecule has 1 aliphatic heterocycles. The standard InChI is InChI=1S/C21H19FN4O3/c22-16-4-1-2-5-17(16)24-19-14-15(7-8-23-19)20(27)25-9-11-26(12-10-25)21(28)18-6-3-13-29-18/h1-8,13-14H,9-12H2,(H,23,24). The van der Waals surface area contributed by atoms with Crippen LogP contribution in [0.4, 0.5) is 15.9 Å². The minimum absolute atomic E-state index is 0.158. The average molecular weight is 394 g/mol. The van der Waals surface area contributed by atoms with Crippen molar-refractivity contribution < 1.29 is 18.4 Å². The van der Waals surface area contributed by atoms with E-state index in [2.05, 4.69) is 10.3 Å². The number of benzene rings is 1. The van der Waals surface area contributed by atoms with Gasteiger partial charge in [0.05, 0.1) is 12.0 Å². The third kappa shape index (κ3) is 4.11. The van der Waals surface area contributed by atoms with Crippen LogP contribution in [0, 0.1) is 5.82 Å². The van der Waals surface area contributed by atoms with E-state index in [-0.39, 0.29) is 17.5 Å².